The zero-order chi connectivity index (χ0) is 9.97. The Kier molecular flexibility index (Phi) is 3.42. The molecule has 1 saturated heterocycles. The van der Waals surface area contributed by atoms with Crippen molar-refractivity contribution in [2.45, 2.75) is 57.7 Å². The molecule has 0 radical (unpaired) electrons. The molecule has 2 aliphatic rings. The van der Waals surface area contributed by atoms with Gasteiger partial charge in [-0.25, -0.2) is 4.39 Å². The molecule has 0 aromatic carbocycles. The van der Waals surface area contributed by atoms with Crippen LogP contribution in [-0.4, -0.2) is 18.9 Å². The molecule has 0 aromatic rings. The van der Waals surface area contributed by atoms with E-state index in [-0.39, 0.29) is 0 Å². The molecular weight excluding hydrogens is 179 g/mol. The van der Waals surface area contributed by atoms with Gasteiger partial charge in [0.1, 0.15) is 6.17 Å². The molecule has 82 valence electrons. The summed E-state index contributed by atoms with van der Waals surface area (Å²) in [6.07, 6.45) is 6.17. The molecule has 0 amide bonds. The van der Waals surface area contributed by atoms with Crippen molar-refractivity contribution in [3.05, 3.63) is 0 Å². The summed E-state index contributed by atoms with van der Waals surface area (Å²) >= 11 is 0. The fourth-order valence-corrected chi connectivity index (χ4v) is 2.83. The van der Waals surface area contributed by atoms with E-state index >= 15 is 0 Å². The van der Waals surface area contributed by atoms with Crippen molar-refractivity contribution in [1.29, 1.82) is 0 Å². The average Bonchev–Trinajstić information content (AvgIpc) is 2.21. The molecule has 1 aliphatic carbocycles. The van der Waals surface area contributed by atoms with Gasteiger partial charge < -0.3 is 4.74 Å². The lowest BCUT2D eigenvalue weighted by Gasteiger charge is -2.35. The standard InChI is InChI=1S/C12H21FO/c1-9-2-3-11(8-14-9)10-4-6-12(13)7-5-10/h9-12H,2-8H2,1H3. The van der Waals surface area contributed by atoms with E-state index in [9.17, 15) is 4.39 Å². The maximum atomic E-state index is 13.0. The van der Waals surface area contributed by atoms with Crippen molar-refractivity contribution in [2.24, 2.45) is 11.8 Å². The largest absolute Gasteiger partial charge is 0.378 e. The van der Waals surface area contributed by atoms with Crippen molar-refractivity contribution in [1.82, 2.24) is 0 Å². The van der Waals surface area contributed by atoms with E-state index < -0.39 is 6.17 Å². The Morgan fingerprint density at radius 2 is 1.57 bits per heavy atom. The Balaban J connectivity index is 1.78. The van der Waals surface area contributed by atoms with Crippen LogP contribution in [0.25, 0.3) is 0 Å². The predicted molar refractivity (Wildman–Crippen MR) is 55.0 cm³/mol. The highest BCUT2D eigenvalue weighted by Gasteiger charge is 2.30. The Morgan fingerprint density at radius 1 is 0.929 bits per heavy atom. The quantitative estimate of drug-likeness (QED) is 0.631. The molecule has 2 unspecified atom stereocenters. The first kappa shape index (κ1) is 10.4. The highest BCUT2D eigenvalue weighted by Crippen LogP contribution is 2.36. The van der Waals surface area contributed by atoms with E-state index in [0.717, 1.165) is 44.1 Å². The summed E-state index contributed by atoms with van der Waals surface area (Å²) in [4.78, 5) is 0. The van der Waals surface area contributed by atoms with E-state index in [4.69, 9.17) is 4.74 Å². The van der Waals surface area contributed by atoms with Crippen LogP contribution >= 0.6 is 0 Å². The van der Waals surface area contributed by atoms with Crippen molar-refractivity contribution in [3.63, 3.8) is 0 Å². The van der Waals surface area contributed by atoms with Crippen LogP contribution < -0.4 is 0 Å². The van der Waals surface area contributed by atoms with Gasteiger partial charge >= 0.3 is 0 Å². The normalized spacial score (nSPS) is 45.0. The second-order valence-electron chi connectivity index (χ2n) is 4.99. The topological polar surface area (TPSA) is 9.23 Å². The minimum Gasteiger partial charge on any atom is -0.378 e. The van der Waals surface area contributed by atoms with Gasteiger partial charge in [-0.3, -0.25) is 0 Å². The van der Waals surface area contributed by atoms with Gasteiger partial charge in [-0.05, 0) is 57.3 Å². The zero-order valence-electron chi connectivity index (χ0n) is 9.05. The van der Waals surface area contributed by atoms with Crippen LogP contribution in [0, 0.1) is 11.8 Å². The van der Waals surface area contributed by atoms with Crippen LogP contribution in [0.4, 0.5) is 4.39 Å². The number of hydrogen-bond acceptors (Lipinski definition) is 1. The van der Waals surface area contributed by atoms with Gasteiger partial charge in [-0.1, -0.05) is 0 Å². The Labute approximate surface area is 86.0 Å². The number of hydrogen-bond donors (Lipinski definition) is 0. The van der Waals surface area contributed by atoms with Crippen LogP contribution in [0.5, 0.6) is 0 Å². The van der Waals surface area contributed by atoms with E-state index in [1.165, 1.54) is 12.8 Å². The summed E-state index contributed by atoms with van der Waals surface area (Å²) in [7, 11) is 0. The molecule has 2 fully saturated rings. The molecule has 0 bridgehead atoms. The molecule has 2 atom stereocenters. The molecule has 1 heterocycles. The van der Waals surface area contributed by atoms with Crippen LogP contribution in [0.3, 0.4) is 0 Å². The maximum absolute atomic E-state index is 13.0. The molecule has 0 N–H and O–H groups in total. The van der Waals surface area contributed by atoms with Crippen LogP contribution in [0.1, 0.15) is 45.4 Å². The first-order valence-electron chi connectivity index (χ1n) is 6.01. The van der Waals surface area contributed by atoms with Crippen LogP contribution in [-0.2, 0) is 4.74 Å². The highest BCUT2D eigenvalue weighted by atomic mass is 19.1. The van der Waals surface area contributed by atoms with Gasteiger partial charge in [-0.2, -0.15) is 0 Å². The summed E-state index contributed by atoms with van der Waals surface area (Å²) in [5.74, 6) is 1.47. The monoisotopic (exact) mass is 200 g/mol. The maximum Gasteiger partial charge on any atom is 0.100 e. The van der Waals surface area contributed by atoms with Crippen LogP contribution in [0.2, 0.25) is 0 Å². The lowest BCUT2D eigenvalue weighted by atomic mass is 9.77. The minimum atomic E-state index is -0.519. The summed E-state index contributed by atoms with van der Waals surface area (Å²) in [6.45, 7) is 3.07. The van der Waals surface area contributed by atoms with Crippen molar-refractivity contribution in [2.75, 3.05) is 6.61 Å². The zero-order valence-corrected chi connectivity index (χ0v) is 9.05. The first-order valence-corrected chi connectivity index (χ1v) is 6.01. The second kappa shape index (κ2) is 4.61. The summed E-state index contributed by atoms with van der Waals surface area (Å²) in [6, 6.07) is 0. The summed E-state index contributed by atoms with van der Waals surface area (Å²) in [5.41, 5.74) is 0. The lowest BCUT2D eigenvalue weighted by Crippen LogP contribution is -2.31. The molecule has 1 nitrogen and oxygen atoms in total. The molecule has 1 saturated carbocycles. The van der Waals surface area contributed by atoms with Gasteiger partial charge in [0.25, 0.3) is 0 Å². The Morgan fingerprint density at radius 3 is 2.14 bits per heavy atom. The molecule has 1 aliphatic heterocycles. The minimum absolute atomic E-state index is 0.448. The van der Waals surface area contributed by atoms with E-state index in [2.05, 4.69) is 6.92 Å². The molecule has 2 heteroatoms. The summed E-state index contributed by atoms with van der Waals surface area (Å²) < 4.78 is 18.6. The van der Waals surface area contributed by atoms with Gasteiger partial charge in [-0.15, -0.1) is 0 Å². The molecule has 0 aromatic heterocycles. The fourth-order valence-electron chi connectivity index (χ4n) is 2.83. The van der Waals surface area contributed by atoms with Gasteiger partial charge in [0.15, 0.2) is 0 Å². The highest BCUT2D eigenvalue weighted by molar-refractivity contribution is 4.80. The number of halogens is 1. The van der Waals surface area contributed by atoms with Crippen molar-refractivity contribution < 1.29 is 9.13 Å². The SMILES string of the molecule is CC1CCC(C2CCC(F)CC2)CO1. The average molecular weight is 200 g/mol. The van der Waals surface area contributed by atoms with Gasteiger partial charge in [0, 0.05) is 0 Å². The smallest absolute Gasteiger partial charge is 0.100 e. The Hall–Kier alpha value is -0.110. The number of ether oxygens (including phenoxy) is 1. The van der Waals surface area contributed by atoms with E-state index in [0.29, 0.717) is 6.10 Å². The third kappa shape index (κ3) is 2.47. The molecular formula is C12H21FO. The van der Waals surface area contributed by atoms with Crippen molar-refractivity contribution >= 4 is 0 Å². The van der Waals surface area contributed by atoms with Gasteiger partial charge in [0.05, 0.1) is 12.7 Å². The van der Waals surface area contributed by atoms with E-state index in [1.54, 1.807) is 0 Å². The van der Waals surface area contributed by atoms with Crippen LogP contribution in [0.15, 0.2) is 0 Å². The Bertz CT molecular complexity index is 147. The number of rotatable bonds is 1. The first-order chi connectivity index (χ1) is 6.75. The molecule has 2 rings (SSSR count). The van der Waals surface area contributed by atoms with E-state index in [1.807, 2.05) is 0 Å². The lowest BCUT2D eigenvalue weighted by molar-refractivity contribution is -0.0305. The summed E-state index contributed by atoms with van der Waals surface area (Å²) in [5, 5.41) is 0. The third-order valence-corrected chi connectivity index (χ3v) is 3.91. The predicted octanol–water partition coefficient (Wildman–Crippen LogP) is 3.33. The van der Waals surface area contributed by atoms with Crippen molar-refractivity contribution in [3.8, 4) is 0 Å². The molecule has 14 heavy (non-hydrogen) atoms. The fraction of sp³-hybridized carbons (Fsp3) is 1.00. The third-order valence-electron chi connectivity index (χ3n) is 3.91. The second-order valence-corrected chi connectivity index (χ2v) is 4.99. The number of alkyl halides is 1. The molecule has 0 spiro atoms. The van der Waals surface area contributed by atoms with Gasteiger partial charge in [0.2, 0.25) is 0 Å².